The average Bonchev–Trinajstić information content (AvgIpc) is 2.84. The van der Waals surface area contributed by atoms with Crippen molar-refractivity contribution >= 4 is 32.4 Å². The first-order valence-corrected chi connectivity index (χ1v) is 8.39. The fourth-order valence-corrected chi connectivity index (χ4v) is 3.22. The predicted molar refractivity (Wildman–Crippen MR) is 82.1 cm³/mol. The molecule has 0 saturated carbocycles. The van der Waals surface area contributed by atoms with Crippen molar-refractivity contribution in [2.24, 2.45) is 0 Å². The van der Waals surface area contributed by atoms with Crippen LogP contribution in [0.3, 0.4) is 0 Å². The summed E-state index contributed by atoms with van der Waals surface area (Å²) in [7, 11) is -0.672. The van der Waals surface area contributed by atoms with Crippen molar-refractivity contribution in [3.05, 3.63) is 40.9 Å². The second kappa shape index (κ2) is 5.92. The van der Waals surface area contributed by atoms with Crippen molar-refractivity contribution in [3.8, 4) is 0 Å². The fraction of sp³-hybridized carbons (Fsp3) is 0.231. The molecule has 1 aromatic heterocycles. The van der Waals surface area contributed by atoms with E-state index in [9.17, 15) is 13.2 Å². The van der Waals surface area contributed by atoms with E-state index < -0.39 is 10.0 Å². The van der Waals surface area contributed by atoms with E-state index in [1.54, 1.807) is 12.1 Å². The van der Waals surface area contributed by atoms with Crippen LogP contribution in [-0.4, -0.2) is 37.7 Å². The number of hydrogen-bond donors (Lipinski definition) is 1. The molecule has 1 aromatic carbocycles. The minimum Gasteiger partial charge on any atom is -0.298 e. The maximum Gasteiger partial charge on any atom is 0.257 e. The van der Waals surface area contributed by atoms with Gasteiger partial charge in [-0.05, 0) is 25.1 Å². The van der Waals surface area contributed by atoms with Crippen LogP contribution in [0.2, 0.25) is 0 Å². The Kier molecular flexibility index (Phi) is 4.40. The maximum atomic E-state index is 12.1. The molecule has 0 atom stereocenters. The Hall–Kier alpha value is -1.77. The van der Waals surface area contributed by atoms with Gasteiger partial charge < -0.3 is 0 Å². The zero-order valence-corrected chi connectivity index (χ0v) is 13.5. The van der Waals surface area contributed by atoms with Gasteiger partial charge >= 0.3 is 0 Å². The smallest absolute Gasteiger partial charge is 0.257 e. The number of anilines is 1. The molecular formula is C13H15N3O3S2. The summed E-state index contributed by atoms with van der Waals surface area (Å²) in [5, 5.41) is 4.95. The first kappa shape index (κ1) is 15.6. The van der Waals surface area contributed by atoms with Gasteiger partial charge in [-0.3, -0.25) is 10.1 Å². The molecule has 112 valence electrons. The van der Waals surface area contributed by atoms with E-state index in [1.807, 2.05) is 12.3 Å². The van der Waals surface area contributed by atoms with Gasteiger partial charge in [-0.25, -0.2) is 17.7 Å². The van der Waals surface area contributed by atoms with E-state index >= 15 is 0 Å². The number of hydrogen-bond acceptors (Lipinski definition) is 5. The third kappa shape index (κ3) is 3.46. The first-order valence-electron chi connectivity index (χ1n) is 6.07. The molecule has 1 N–H and O–H groups in total. The molecular weight excluding hydrogens is 310 g/mol. The van der Waals surface area contributed by atoms with E-state index in [0.717, 1.165) is 10.00 Å². The zero-order chi connectivity index (χ0) is 15.6. The van der Waals surface area contributed by atoms with Crippen LogP contribution < -0.4 is 5.32 Å². The van der Waals surface area contributed by atoms with Crippen LogP contribution in [0.25, 0.3) is 0 Å². The van der Waals surface area contributed by atoms with Crippen LogP contribution in [-0.2, 0) is 10.0 Å². The normalized spacial score (nSPS) is 11.6. The minimum atomic E-state index is -3.56. The van der Waals surface area contributed by atoms with E-state index in [-0.39, 0.29) is 16.4 Å². The third-order valence-corrected chi connectivity index (χ3v) is 5.40. The summed E-state index contributed by atoms with van der Waals surface area (Å²) in [6, 6.07) is 5.91. The van der Waals surface area contributed by atoms with Crippen molar-refractivity contribution in [1.82, 2.24) is 9.29 Å². The SMILES string of the molecule is Cc1csc(NC(=O)c2cccc(S(=O)(=O)N(C)C)c2)n1. The summed E-state index contributed by atoms with van der Waals surface area (Å²) in [5.41, 5.74) is 1.09. The number of thiazole rings is 1. The van der Waals surface area contributed by atoms with Crippen molar-refractivity contribution in [2.75, 3.05) is 19.4 Å². The molecule has 0 aliphatic heterocycles. The Labute approximate surface area is 127 Å². The lowest BCUT2D eigenvalue weighted by Crippen LogP contribution is -2.22. The summed E-state index contributed by atoms with van der Waals surface area (Å²) >= 11 is 1.32. The monoisotopic (exact) mass is 325 g/mol. The number of nitrogens with zero attached hydrogens (tertiary/aromatic N) is 2. The molecule has 0 fully saturated rings. The Morgan fingerprint density at radius 1 is 1.33 bits per heavy atom. The van der Waals surface area contributed by atoms with Gasteiger partial charge in [0.25, 0.3) is 5.91 Å². The van der Waals surface area contributed by atoms with Crippen molar-refractivity contribution in [2.45, 2.75) is 11.8 Å². The molecule has 0 unspecified atom stereocenters. The zero-order valence-electron chi connectivity index (χ0n) is 11.8. The maximum absolute atomic E-state index is 12.1. The van der Waals surface area contributed by atoms with Gasteiger partial charge in [0.2, 0.25) is 10.0 Å². The van der Waals surface area contributed by atoms with E-state index in [0.29, 0.717) is 5.13 Å². The summed E-state index contributed by atoms with van der Waals surface area (Å²) in [6.07, 6.45) is 0. The number of benzene rings is 1. The minimum absolute atomic E-state index is 0.0791. The molecule has 1 heterocycles. The quantitative estimate of drug-likeness (QED) is 0.932. The van der Waals surface area contributed by atoms with Crippen LogP contribution in [0.15, 0.2) is 34.5 Å². The second-order valence-corrected chi connectivity index (χ2v) is 7.57. The molecule has 8 heteroatoms. The highest BCUT2D eigenvalue weighted by Gasteiger charge is 2.19. The van der Waals surface area contributed by atoms with E-state index in [2.05, 4.69) is 10.3 Å². The number of amides is 1. The first-order chi connectivity index (χ1) is 9.80. The van der Waals surface area contributed by atoms with Gasteiger partial charge in [-0.1, -0.05) is 6.07 Å². The molecule has 2 rings (SSSR count). The Bertz CT molecular complexity index is 766. The van der Waals surface area contributed by atoms with Gasteiger partial charge in [-0.2, -0.15) is 0 Å². The van der Waals surface area contributed by atoms with E-state index in [1.165, 1.54) is 37.6 Å². The van der Waals surface area contributed by atoms with Crippen molar-refractivity contribution in [1.29, 1.82) is 0 Å². The number of carbonyl (C=O) groups excluding carboxylic acids is 1. The fourth-order valence-electron chi connectivity index (χ4n) is 1.59. The van der Waals surface area contributed by atoms with Gasteiger partial charge in [0, 0.05) is 25.0 Å². The lowest BCUT2D eigenvalue weighted by Gasteiger charge is -2.12. The van der Waals surface area contributed by atoms with Gasteiger partial charge in [0.05, 0.1) is 10.6 Å². The molecule has 0 aliphatic rings. The number of aromatic nitrogens is 1. The highest BCUT2D eigenvalue weighted by Crippen LogP contribution is 2.18. The molecule has 21 heavy (non-hydrogen) atoms. The van der Waals surface area contributed by atoms with Crippen LogP contribution >= 0.6 is 11.3 Å². The highest BCUT2D eigenvalue weighted by molar-refractivity contribution is 7.89. The molecule has 1 amide bonds. The van der Waals surface area contributed by atoms with E-state index in [4.69, 9.17) is 0 Å². The highest BCUT2D eigenvalue weighted by atomic mass is 32.2. The lowest BCUT2D eigenvalue weighted by atomic mass is 10.2. The number of rotatable bonds is 4. The summed E-state index contributed by atoms with van der Waals surface area (Å²) in [6.45, 7) is 1.83. The molecule has 0 radical (unpaired) electrons. The Balaban J connectivity index is 2.27. The van der Waals surface area contributed by atoms with Gasteiger partial charge in [0.15, 0.2) is 5.13 Å². The van der Waals surface area contributed by atoms with Gasteiger partial charge in [0.1, 0.15) is 0 Å². The van der Waals surface area contributed by atoms with Crippen molar-refractivity contribution in [3.63, 3.8) is 0 Å². The molecule has 0 spiro atoms. The second-order valence-electron chi connectivity index (χ2n) is 4.56. The van der Waals surface area contributed by atoms with Crippen LogP contribution in [0, 0.1) is 6.92 Å². The average molecular weight is 325 g/mol. The molecule has 0 saturated heterocycles. The number of carbonyl (C=O) groups is 1. The number of aryl methyl sites for hydroxylation is 1. The van der Waals surface area contributed by atoms with Crippen LogP contribution in [0.4, 0.5) is 5.13 Å². The summed E-state index contributed by atoms with van der Waals surface area (Å²) in [5.74, 6) is -0.389. The lowest BCUT2D eigenvalue weighted by molar-refractivity contribution is 0.102. The number of nitrogens with one attached hydrogen (secondary N) is 1. The topological polar surface area (TPSA) is 79.4 Å². The van der Waals surface area contributed by atoms with Crippen LogP contribution in [0.5, 0.6) is 0 Å². The molecule has 2 aromatic rings. The summed E-state index contributed by atoms with van der Waals surface area (Å²) in [4.78, 5) is 16.3. The predicted octanol–water partition coefficient (Wildman–Crippen LogP) is 1.95. The molecule has 0 aliphatic carbocycles. The largest absolute Gasteiger partial charge is 0.298 e. The summed E-state index contributed by atoms with van der Waals surface area (Å²) < 4.78 is 25.2. The van der Waals surface area contributed by atoms with Crippen LogP contribution in [0.1, 0.15) is 16.1 Å². The Morgan fingerprint density at radius 3 is 2.62 bits per heavy atom. The third-order valence-electron chi connectivity index (χ3n) is 2.71. The van der Waals surface area contributed by atoms with Gasteiger partial charge in [-0.15, -0.1) is 11.3 Å². The molecule has 0 bridgehead atoms. The van der Waals surface area contributed by atoms with Crippen molar-refractivity contribution < 1.29 is 13.2 Å². The number of sulfonamides is 1. The molecule has 6 nitrogen and oxygen atoms in total. The standard InChI is InChI=1S/C13H15N3O3S2/c1-9-8-20-13(14-9)15-12(17)10-5-4-6-11(7-10)21(18,19)16(2)3/h4-8H,1-3H3,(H,14,15,17). The Morgan fingerprint density at radius 2 is 2.05 bits per heavy atom.